The number of halogens is 1. The fourth-order valence-corrected chi connectivity index (χ4v) is 3.34. The molecule has 4 nitrogen and oxygen atoms in total. The quantitative estimate of drug-likeness (QED) is 0.855. The Morgan fingerprint density at radius 1 is 1.36 bits per heavy atom. The molecule has 0 saturated carbocycles. The maximum Gasteiger partial charge on any atom is 0.123 e. The summed E-state index contributed by atoms with van der Waals surface area (Å²) in [7, 11) is 0. The minimum Gasteiger partial charge on any atom is -0.373 e. The predicted molar refractivity (Wildman–Crippen MR) is 79.4 cm³/mol. The van der Waals surface area contributed by atoms with Gasteiger partial charge in [0.2, 0.25) is 0 Å². The van der Waals surface area contributed by atoms with Gasteiger partial charge in [-0.2, -0.15) is 10.4 Å². The fraction of sp³-hybridized carbons (Fsp3) is 0.294. The van der Waals surface area contributed by atoms with E-state index in [4.69, 9.17) is 4.74 Å². The number of fused-ring (bicyclic) bond motifs is 3. The van der Waals surface area contributed by atoms with Crippen molar-refractivity contribution in [2.45, 2.75) is 24.9 Å². The molecule has 2 aromatic rings. The molecule has 2 aliphatic rings. The van der Waals surface area contributed by atoms with Crippen molar-refractivity contribution in [1.29, 1.82) is 5.26 Å². The third-order valence-corrected chi connectivity index (χ3v) is 4.33. The summed E-state index contributed by atoms with van der Waals surface area (Å²) in [6.45, 7) is 0.725. The first-order chi connectivity index (χ1) is 10.8. The number of aromatic nitrogens is 2. The predicted octanol–water partition coefficient (Wildman–Crippen LogP) is 3.11. The number of hydrogen-bond donors (Lipinski definition) is 0. The zero-order valence-electron chi connectivity index (χ0n) is 11.9. The van der Waals surface area contributed by atoms with Gasteiger partial charge in [0.1, 0.15) is 5.82 Å². The fourth-order valence-electron chi connectivity index (χ4n) is 3.34. The topological polar surface area (TPSA) is 50.8 Å². The number of rotatable bonds is 2. The normalized spacial score (nSPS) is 22.2. The molecule has 5 heteroatoms. The van der Waals surface area contributed by atoms with Crippen LogP contribution < -0.4 is 0 Å². The largest absolute Gasteiger partial charge is 0.373 e. The summed E-state index contributed by atoms with van der Waals surface area (Å²) < 4.78 is 20.7. The molecule has 0 spiro atoms. The average molecular weight is 295 g/mol. The zero-order chi connectivity index (χ0) is 15.1. The van der Waals surface area contributed by atoms with Gasteiger partial charge in [-0.05, 0) is 36.8 Å². The Kier molecular flexibility index (Phi) is 3.05. The van der Waals surface area contributed by atoms with E-state index in [0.29, 0.717) is 6.42 Å². The van der Waals surface area contributed by atoms with Gasteiger partial charge in [-0.15, -0.1) is 0 Å². The molecule has 0 N–H and O–H groups in total. The van der Waals surface area contributed by atoms with Gasteiger partial charge in [0.15, 0.2) is 0 Å². The van der Waals surface area contributed by atoms with Crippen LogP contribution in [0.25, 0.3) is 17.5 Å². The molecule has 0 amide bonds. The molecule has 3 heterocycles. The highest BCUT2D eigenvalue weighted by Gasteiger charge is 2.36. The van der Waals surface area contributed by atoms with Gasteiger partial charge in [0.05, 0.1) is 30.0 Å². The third-order valence-electron chi connectivity index (χ3n) is 4.33. The van der Waals surface area contributed by atoms with Gasteiger partial charge in [0, 0.05) is 29.9 Å². The average Bonchev–Trinajstić information content (AvgIpc) is 3.12. The second-order valence-electron chi connectivity index (χ2n) is 5.57. The van der Waals surface area contributed by atoms with E-state index in [2.05, 4.69) is 11.2 Å². The Labute approximate surface area is 127 Å². The third kappa shape index (κ3) is 1.96. The van der Waals surface area contributed by atoms with Crippen LogP contribution in [0.2, 0.25) is 0 Å². The Balaban J connectivity index is 1.88. The molecule has 4 rings (SSSR count). The second-order valence-corrected chi connectivity index (χ2v) is 5.57. The van der Waals surface area contributed by atoms with Crippen LogP contribution in [0, 0.1) is 17.1 Å². The lowest BCUT2D eigenvalue weighted by Gasteiger charge is -2.21. The molecule has 0 radical (unpaired) electrons. The Morgan fingerprint density at radius 2 is 2.18 bits per heavy atom. The van der Waals surface area contributed by atoms with E-state index < -0.39 is 0 Å². The Bertz CT molecular complexity index is 785. The molecule has 2 unspecified atom stereocenters. The first kappa shape index (κ1) is 13.2. The highest BCUT2D eigenvalue weighted by Crippen LogP contribution is 2.40. The van der Waals surface area contributed by atoms with Gasteiger partial charge in [0.25, 0.3) is 0 Å². The van der Waals surface area contributed by atoms with Crippen molar-refractivity contribution < 1.29 is 9.13 Å². The van der Waals surface area contributed by atoms with Crippen molar-refractivity contribution in [1.82, 2.24) is 9.78 Å². The van der Waals surface area contributed by atoms with Crippen molar-refractivity contribution in [2.75, 3.05) is 6.61 Å². The van der Waals surface area contributed by atoms with E-state index >= 15 is 0 Å². The van der Waals surface area contributed by atoms with E-state index in [-0.39, 0.29) is 17.8 Å². The van der Waals surface area contributed by atoms with Crippen LogP contribution in [-0.2, 0) is 11.2 Å². The molecule has 0 aliphatic carbocycles. The summed E-state index contributed by atoms with van der Waals surface area (Å²) in [5, 5.41) is 13.8. The summed E-state index contributed by atoms with van der Waals surface area (Å²) in [6, 6.07) is 8.48. The summed E-state index contributed by atoms with van der Waals surface area (Å²) >= 11 is 0. The van der Waals surface area contributed by atoms with Gasteiger partial charge in [-0.25, -0.2) is 9.07 Å². The van der Waals surface area contributed by atoms with Crippen LogP contribution in [0.3, 0.4) is 0 Å². The first-order valence-electron chi connectivity index (χ1n) is 7.32. The lowest BCUT2D eigenvalue weighted by atomic mass is 9.90. The molecule has 2 atom stereocenters. The number of ether oxygens (including phenoxy) is 1. The van der Waals surface area contributed by atoms with E-state index in [1.807, 2.05) is 17.0 Å². The number of hydrogen-bond acceptors (Lipinski definition) is 3. The molecular formula is C17H14FN3O. The molecule has 0 bridgehead atoms. The van der Waals surface area contributed by atoms with E-state index in [9.17, 15) is 9.65 Å². The maximum atomic E-state index is 13.1. The van der Waals surface area contributed by atoms with Gasteiger partial charge >= 0.3 is 0 Å². The van der Waals surface area contributed by atoms with Crippen molar-refractivity contribution >= 4 is 6.20 Å². The highest BCUT2D eigenvalue weighted by molar-refractivity contribution is 5.66. The Morgan fingerprint density at radius 3 is 2.95 bits per heavy atom. The van der Waals surface area contributed by atoms with Crippen molar-refractivity contribution in [3.8, 4) is 17.3 Å². The van der Waals surface area contributed by atoms with E-state index in [0.717, 1.165) is 35.5 Å². The minimum atomic E-state index is -0.279. The molecule has 1 saturated heterocycles. The molecule has 1 aromatic heterocycles. The maximum absolute atomic E-state index is 13.1. The van der Waals surface area contributed by atoms with Crippen LogP contribution >= 0.6 is 0 Å². The van der Waals surface area contributed by atoms with Crippen molar-refractivity contribution in [3.05, 3.63) is 47.4 Å². The molecular weight excluding hydrogens is 281 g/mol. The standard InChI is InChI=1S/C17H14FN3O/c18-12-3-1-11(2-4-12)16-14(5-8-19)17-13-7-10-22-15(13)6-9-21(17)20-16/h1-4,6,9,13,15H,5,7,10H2. The summed E-state index contributed by atoms with van der Waals surface area (Å²) in [4.78, 5) is 0. The van der Waals surface area contributed by atoms with Gasteiger partial charge in [-0.3, -0.25) is 0 Å². The lowest BCUT2D eigenvalue weighted by Crippen LogP contribution is -2.19. The summed E-state index contributed by atoms with van der Waals surface area (Å²) in [6.07, 6.45) is 5.21. The minimum absolute atomic E-state index is 0.0720. The summed E-state index contributed by atoms with van der Waals surface area (Å²) in [5.41, 5.74) is 3.58. The monoisotopic (exact) mass is 295 g/mol. The smallest absolute Gasteiger partial charge is 0.123 e. The van der Waals surface area contributed by atoms with Gasteiger partial charge in [-0.1, -0.05) is 0 Å². The molecule has 1 fully saturated rings. The van der Waals surface area contributed by atoms with Crippen LogP contribution in [0.1, 0.15) is 23.6 Å². The van der Waals surface area contributed by atoms with E-state index in [1.54, 1.807) is 12.1 Å². The number of benzene rings is 1. The summed E-state index contributed by atoms with van der Waals surface area (Å²) in [5.74, 6) is -0.0336. The van der Waals surface area contributed by atoms with E-state index in [1.165, 1.54) is 12.1 Å². The van der Waals surface area contributed by atoms with Crippen molar-refractivity contribution in [2.24, 2.45) is 0 Å². The highest BCUT2D eigenvalue weighted by atomic mass is 19.1. The first-order valence-corrected chi connectivity index (χ1v) is 7.32. The van der Waals surface area contributed by atoms with Crippen LogP contribution in [0.5, 0.6) is 0 Å². The SMILES string of the molecule is N#CCc1c(-c2ccc(F)cc2)nn2c1C1CCOC1C=C2. The van der Waals surface area contributed by atoms with Gasteiger partial charge < -0.3 is 4.74 Å². The second kappa shape index (κ2) is 5.08. The Hall–Kier alpha value is -2.45. The van der Waals surface area contributed by atoms with Crippen molar-refractivity contribution in [3.63, 3.8) is 0 Å². The molecule has 110 valence electrons. The number of nitriles is 1. The molecule has 22 heavy (non-hydrogen) atoms. The van der Waals surface area contributed by atoms with Crippen LogP contribution in [-0.4, -0.2) is 22.5 Å². The van der Waals surface area contributed by atoms with Crippen LogP contribution in [0.15, 0.2) is 30.3 Å². The van der Waals surface area contributed by atoms with Crippen LogP contribution in [0.4, 0.5) is 4.39 Å². The molecule has 1 aromatic carbocycles. The zero-order valence-corrected chi connectivity index (χ0v) is 11.9. The molecule has 2 aliphatic heterocycles. The lowest BCUT2D eigenvalue weighted by molar-refractivity contribution is 0.137. The number of nitrogens with zero attached hydrogens (tertiary/aromatic N) is 3.